The molecule has 0 aliphatic carbocycles. The molecule has 0 saturated heterocycles. The maximum Gasteiger partial charge on any atom is 0.400 e. The first-order valence-electron chi connectivity index (χ1n) is 3.41. The quantitative estimate of drug-likeness (QED) is 0.627. The Labute approximate surface area is 73.3 Å². The maximum atomic E-state index is 3.67. The predicted octanol–water partition coefficient (Wildman–Crippen LogP) is 2.22. The lowest BCUT2D eigenvalue weighted by Gasteiger charge is -2.02. The minimum atomic E-state index is -0.756. The van der Waals surface area contributed by atoms with Crippen LogP contribution in [0, 0.1) is 6.92 Å². The second-order valence-corrected chi connectivity index (χ2v) is 8.45. The number of aryl methyl sites for hydroxylation is 1. The molecule has 0 aromatic heterocycles. The molecule has 0 saturated carbocycles. The Morgan fingerprint density at radius 3 is 2.30 bits per heavy atom. The summed E-state index contributed by atoms with van der Waals surface area (Å²) in [4.78, 5) is 0. The zero-order chi connectivity index (χ0) is 7.56. The average molecular weight is 213 g/mol. The van der Waals surface area contributed by atoms with Gasteiger partial charge in [-0.15, -0.1) is 0 Å². The predicted molar refractivity (Wildman–Crippen MR) is 51.4 cm³/mol. The van der Waals surface area contributed by atoms with E-state index in [9.17, 15) is 0 Å². The van der Waals surface area contributed by atoms with E-state index in [-0.39, 0.29) is 0 Å². The fourth-order valence-electron chi connectivity index (χ4n) is 1.03. The Bertz CT molecular complexity index is 220. The van der Waals surface area contributed by atoms with Gasteiger partial charge in [-0.1, -0.05) is 40.0 Å². The molecule has 1 rings (SSSR count). The lowest BCUT2D eigenvalue weighted by molar-refractivity contribution is 1.51. The van der Waals surface area contributed by atoms with E-state index < -0.39 is 12.3 Å². The van der Waals surface area contributed by atoms with Crippen molar-refractivity contribution in [2.24, 2.45) is 0 Å². The molecule has 0 heterocycles. The number of hydrogen-bond donors (Lipinski definition) is 0. The van der Waals surface area contributed by atoms with Gasteiger partial charge in [-0.05, 0) is 6.92 Å². The molecule has 0 spiro atoms. The molecule has 0 radical (unpaired) electrons. The molecule has 0 amide bonds. The summed E-state index contributed by atoms with van der Waals surface area (Å²) in [5.41, 5.74) is 1.42. The van der Waals surface area contributed by atoms with E-state index in [1.54, 1.807) is 0 Å². The van der Waals surface area contributed by atoms with Gasteiger partial charge in [0, 0.05) is 0 Å². The highest BCUT2D eigenvalue weighted by Gasteiger charge is 2.09. The van der Waals surface area contributed by atoms with Crippen LogP contribution in [0.25, 0.3) is 0 Å². The third-order valence-electron chi connectivity index (χ3n) is 1.62. The van der Waals surface area contributed by atoms with Crippen molar-refractivity contribution in [2.75, 3.05) is 0 Å². The van der Waals surface area contributed by atoms with Crippen LogP contribution in [0.5, 0.6) is 0 Å². The first-order valence-corrected chi connectivity index (χ1v) is 8.33. The van der Waals surface area contributed by atoms with Gasteiger partial charge < -0.3 is 0 Å². The Kier molecular flexibility index (Phi) is 2.98. The van der Waals surface area contributed by atoms with Crippen LogP contribution in [0.2, 0.25) is 5.79 Å². The molecule has 1 aromatic carbocycles. The Hall–Kier alpha value is 0.232. The minimum Gasteiger partial charge on any atom is -0.209 e. The number of hydrogen-bond acceptors (Lipinski definition) is 0. The van der Waals surface area contributed by atoms with E-state index in [0.29, 0.717) is 0 Å². The summed E-state index contributed by atoms with van der Waals surface area (Å²) in [6, 6.07) is 8.57. The molecule has 0 atom stereocenters. The second-order valence-electron chi connectivity index (χ2n) is 2.47. The lowest BCUT2D eigenvalue weighted by atomic mass is 10.2. The van der Waals surface area contributed by atoms with Crippen molar-refractivity contribution in [3.8, 4) is 0 Å². The lowest BCUT2D eigenvalue weighted by Crippen LogP contribution is -2.22. The van der Waals surface area contributed by atoms with Gasteiger partial charge in [-0.2, -0.15) is 0 Å². The van der Waals surface area contributed by atoms with Gasteiger partial charge in [-0.25, -0.2) is 14.1 Å². The van der Waals surface area contributed by atoms with Crippen LogP contribution in [0.4, 0.5) is 0 Å². The highest BCUT2D eigenvalue weighted by molar-refractivity contribution is 9.25. The van der Waals surface area contributed by atoms with Gasteiger partial charge in [0.05, 0.1) is 0 Å². The van der Waals surface area contributed by atoms with Crippen molar-refractivity contribution in [2.45, 2.75) is 12.7 Å². The summed E-state index contributed by atoms with van der Waals surface area (Å²) >= 11 is 2.92. The first kappa shape index (κ1) is 8.33. The van der Waals surface area contributed by atoms with E-state index in [1.165, 1.54) is 9.99 Å². The molecular formula is C8H10AlBr. The molecule has 0 nitrogen and oxygen atoms in total. The topological polar surface area (TPSA) is 0 Å². The van der Waals surface area contributed by atoms with Crippen LogP contribution in [0.1, 0.15) is 5.56 Å². The number of benzene rings is 1. The van der Waals surface area contributed by atoms with Crippen LogP contribution in [0.15, 0.2) is 24.3 Å². The zero-order valence-corrected chi connectivity index (χ0v) is 9.01. The van der Waals surface area contributed by atoms with Gasteiger partial charge in [0.15, 0.2) is 0 Å². The second kappa shape index (κ2) is 3.57. The molecule has 0 bridgehead atoms. The van der Waals surface area contributed by atoms with Gasteiger partial charge in [0.2, 0.25) is 0 Å². The van der Waals surface area contributed by atoms with Gasteiger partial charge in [-0.3, -0.25) is 0 Å². The van der Waals surface area contributed by atoms with E-state index in [0.717, 1.165) is 0 Å². The van der Waals surface area contributed by atoms with Gasteiger partial charge in [0.1, 0.15) is 0 Å². The molecule has 1 aromatic rings. The molecule has 52 valence electrons. The summed E-state index contributed by atoms with van der Waals surface area (Å²) in [5.74, 6) is 2.28. The summed E-state index contributed by atoms with van der Waals surface area (Å²) in [6.07, 6.45) is 0. The van der Waals surface area contributed by atoms with E-state index in [2.05, 4.69) is 51.0 Å². The molecule has 10 heavy (non-hydrogen) atoms. The van der Waals surface area contributed by atoms with Gasteiger partial charge >= 0.3 is 12.3 Å². The fraction of sp³-hybridized carbons (Fsp3) is 0.250. The zero-order valence-electron chi connectivity index (χ0n) is 6.26. The molecule has 0 unspecified atom stereocenters. The van der Waals surface area contributed by atoms with Crippen LogP contribution in [-0.2, 0) is 0 Å². The van der Waals surface area contributed by atoms with Crippen LogP contribution in [-0.4, -0.2) is 12.3 Å². The molecule has 0 aliphatic heterocycles. The molecular weight excluding hydrogens is 203 g/mol. The normalized spacial score (nSPS) is 9.50. The monoisotopic (exact) mass is 212 g/mol. The third-order valence-corrected chi connectivity index (χ3v) is 4.60. The Morgan fingerprint density at radius 1 is 1.30 bits per heavy atom. The van der Waals surface area contributed by atoms with Crippen LogP contribution in [0.3, 0.4) is 0 Å². The average Bonchev–Trinajstić information content (AvgIpc) is 1.88. The van der Waals surface area contributed by atoms with Crippen molar-refractivity contribution in [3.05, 3.63) is 29.8 Å². The Balaban J connectivity index is 3.03. The van der Waals surface area contributed by atoms with Crippen molar-refractivity contribution in [3.63, 3.8) is 0 Å². The molecule has 0 N–H and O–H groups in total. The standard InChI is InChI=1S/C7H7.CH3.Al.BrH/c1-7-5-3-2-4-6-7;;;/h2-5H,1H3;1H3;;1H/q;;+1;/p-1. The Morgan fingerprint density at radius 2 is 1.90 bits per heavy atom. The molecule has 0 fully saturated rings. The molecule has 0 aliphatic rings. The van der Waals surface area contributed by atoms with Crippen molar-refractivity contribution < 1.29 is 0 Å². The van der Waals surface area contributed by atoms with Crippen LogP contribution < -0.4 is 4.43 Å². The summed E-state index contributed by atoms with van der Waals surface area (Å²) in [7, 11) is 0. The van der Waals surface area contributed by atoms with Crippen molar-refractivity contribution >= 4 is 30.8 Å². The highest BCUT2D eigenvalue weighted by Crippen LogP contribution is 1.99. The largest absolute Gasteiger partial charge is 0.400 e. The van der Waals surface area contributed by atoms with E-state index in [4.69, 9.17) is 0 Å². The van der Waals surface area contributed by atoms with E-state index in [1.807, 2.05) is 0 Å². The summed E-state index contributed by atoms with van der Waals surface area (Å²) in [6.45, 7) is 2.17. The SMILES string of the molecule is Cc1cccc[c]1[Al]([CH3])[Br]. The number of halogens is 1. The highest BCUT2D eigenvalue weighted by atomic mass is 79.9. The first-order chi connectivity index (χ1) is 4.72. The minimum absolute atomic E-state index is 0.756. The fourth-order valence-corrected chi connectivity index (χ4v) is 3.67. The van der Waals surface area contributed by atoms with Crippen molar-refractivity contribution in [1.29, 1.82) is 0 Å². The maximum absolute atomic E-state index is 3.67. The molecule has 2 heteroatoms. The van der Waals surface area contributed by atoms with Crippen molar-refractivity contribution in [1.82, 2.24) is 0 Å². The third kappa shape index (κ3) is 1.86. The van der Waals surface area contributed by atoms with Crippen LogP contribution >= 0.6 is 14.1 Å². The summed E-state index contributed by atoms with van der Waals surface area (Å²) < 4.78 is 1.52. The smallest absolute Gasteiger partial charge is 0.209 e. The number of rotatable bonds is 1. The summed E-state index contributed by atoms with van der Waals surface area (Å²) in [5, 5.41) is 0. The van der Waals surface area contributed by atoms with E-state index >= 15 is 0 Å². The van der Waals surface area contributed by atoms with Gasteiger partial charge in [0.25, 0.3) is 0 Å².